The van der Waals surface area contributed by atoms with Gasteiger partial charge in [-0.05, 0) is 39.2 Å². The summed E-state index contributed by atoms with van der Waals surface area (Å²) in [4.78, 5) is 11.6. The SMILES string of the molecule is CC(C)(C)C(=O)OCCCCCCCCCCCOCc1ccccc1. The summed E-state index contributed by atoms with van der Waals surface area (Å²) in [6.45, 7) is 7.84. The van der Waals surface area contributed by atoms with Gasteiger partial charge < -0.3 is 9.47 Å². The van der Waals surface area contributed by atoms with Gasteiger partial charge in [-0.15, -0.1) is 0 Å². The normalized spacial score (nSPS) is 11.5. The van der Waals surface area contributed by atoms with Gasteiger partial charge in [-0.2, -0.15) is 0 Å². The highest BCUT2D eigenvalue weighted by molar-refractivity contribution is 5.75. The Morgan fingerprint density at radius 2 is 1.27 bits per heavy atom. The lowest BCUT2D eigenvalue weighted by atomic mass is 9.97. The van der Waals surface area contributed by atoms with Gasteiger partial charge in [0.15, 0.2) is 0 Å². The molecule has 0 radical (unpaired) electrons. The maximum atomic E-state index is 11.6. The van der Waals surface area contributed by atoms with E-state index in [4.69, 9.17) is 9.47 Å². The van der Waals surface area contributed by atoms with Gasteiger partial charge in [0.1, 0.15) is 0 Å². The highest BCUT2D eigenvalue weighted by Crippen LogP contribution is 2.16. The number of ether oxygens (including phenoxy) is 2. The van der Waals surface area contributed by atoms with Gasteiger partial charge in [-0.3, -0.25) is 4.79 Å². The van der Waals surface area contributed by atoms with Gasteiger partial charge in [0.2, 0.25) is 0 Å². The van der Waals surface area contributed by atoms with Crippen molar-refractivity contribution in [2.45, 2.75) is 85.2 Å². The number of rotatable bonds is 14. The molecule has 1 aromatic carbocycles. The fourth-order valence-corrected chi connectivity index (χ4v) is 2.69. The largest absolute Gasteiger partial charge is 0.465 e. The number of carbonyl (C=O) groups excluding carboxylic acids is 1. The summed E-state index contributed by atoms with van der Waals surface area (Å²) in [6, 6.07) is 10.3. The van der Waals surface area contributed by atoms with Crippen molar-refractivity contribution in [3.63, 3.8) is 0 Å². The number of hydrogen-bond donors (Lipinski definition) is 0. The third-order valence-corrected chi connectivity index (χ3v) is 4.39. The van der Waals surface area contributed by atoms with Gasteiger partial charge in [0.25, 0.3) is 0 Å². The van der Waals surface area contributed by atoms with E-state index in [-0.39, 0.29) is 11.4 Å². The van der Waals surface area contributed by atoms with Crippen LogP contribution in [0.4, 0.5) is 0 Å². The second-order valence-corrected chi connectivity index (χ2v) is 8.11. The van der Waals surface area contributed by atoms with Crippen molar-refractivity contribution in [1.82, 2.24) is 0 Å². The van der Waals surface area contributed by atoms with Crippen molar-refractivity contribution in [2.75, 3.05) is 13.2 Å². The van der Waals surface area contributed by atoms with E-state index >= 15 is 0 Å². The van der Waals surface area contributed by atoms with E-state index in [1.165, 1.54) is 44.1 Å². The van der Waals surface area contributed by atoms with Gasteiger partial charge >= 0.3 is 5.97 Å². The molecule has 0 aromatic heterocycles. The summed E-state index contributed by atoms with van der Waals surface area (Å²) in [5.41, 5.74) is 0.868. The summed E-state index contributed by atoms with van der Waals surface area (Å²) in [6.07, 6.45) is 11.0. The van der Waals surface area contributed by atoms with Gasteiger partial charge in [-0.25, -0.2) is 0 Å². The maximum absolute atomic E-state index is 11.6. The highest BCUT2D eigenvalue weighted by Gasteiger charge is 2.22. The first-order chi connectivity index (χ1) is 12.5. The van der Waals surface area contributed by atoms with E-state index in [9.17, 15) is 4.79 Å². The highest BCUT2D eigenvalue weighted by atomic mass is 16.5. The predicted molar refractivity (Wildman–Crippen MR) is 108 cm³/mol. The van der Waals surface area contributed by atoms with E-state index in [2.05, 4.69) is 24.3 Å². The number of hydrogen-bond acceptors (Lipinski definition) is 3. The lowest BCUT2D eigenvalue weighted by Crippen LogP contribution is -2.23. The summed E-state index contributed by atoms with van der Waals surface area (Å²) in [5.74, 6) is -0.0924. The Bertz CT molecular complexity index is 462. The molecule has 0 saturated carbocycles. The molecule has 0 unspecified atom stereocenters. The molecule has 0 amide bonds. The molecule has 0 aliphatic carbocycles. The zero-order valence-corrected chi connectivity index (χ0v) is 17.1. The van der Waals surface area contributed by atoms with E-state index in [0.29, 0.717) is 6.61 Å². The van der Waals surface area contributed by atoms with Crippen LogP contribution in [0.5, 0.6) is 0 Å². The van der Waals surface area contributed by atoms with Crippen LogP contribution in [0.15, 0.2) is 30.3 Å². The Morgan fingerprint density at radius 3 is 1.81 bits per heavy atom. The summed E-state index contributed by atoms with van der Waals surface area (Å²) in [5, 5.41) is 0. The first-order valence-corrected chi connectivity index (χ1v) is 10.3. The average molecular weight is 363 g/mol. The monoisotopic (exact) mass is 362 g/mol. The van der Waals surface area contributed by atoms with Crippen molar-refractivity contribution in [3.05, 3.63) is 35.9 Å². The first-order valence-electron chi connectivity index (χ1n) is 10.3. The van der Waals surface area contributed by atoms with Crippen molar-refractivity contribution in [1.29, 1.82) is 0 Å². The number of benzene rings is 1. The predicted octanol–water partition coefficient (Wildman–Crippen LogP) is 6.30. The minimum absolute atomic E-state index is 0.0924. The molecule has 0 saturated heterocycles. The lowest BCUT2D eigenvalue weighted by molar-refractivity contribution is -0.153. The van der Waals surface area contributed by atoms with Crippen molar-refractivity contribution >= 4 is 5.97 Å². The Kier molecular flexibility index (Phi) is 12.0. The van der Waals surface area contributed by atoms with Crippen molar-refractivity contribution in [3.8, 4) is 0 Å². The fraction of sp³-hybridized carbons (Fsp3) is 0.696. The molecule has 3 heteroatoms. The van der Waals surface area contributed by atoms with Crippen LogP contribution in [0.3, 0.4) is 0 Å². The van der Waals surface area contributed by atoms with Crippen LogP contribution >= 0.6 is 0 Å². The molecule has 1 rings (SSSR count). The summed E-state index contributed by atoms with van der Waals surface area (Å²) >= 11 is 0. The molecular formula is C23H38O3. The molecule has 1 aromatic rings. The van der Waals surface area contributed by atoms with Crippen LogP contribution < -0.4 is 0 Å². The second-order valence-electron chi connectivity index (χ2n) is 8.11. The third kappa shape index (κ3) is 12.1. The smallest absolute Gasteiger partial charge is 0.311 e. The number of carbonyl (C=O) groups is 1. The Morgan fingerprint density at radius 1 is 0.769 bits per heavy atom. The first kappa shape index (κ1) is 22.7. The summed E-state index contributed by atoms with van der Waals surface area (Å²) in [7, 11) is 0. The molecule has 0 aliphatic heterocycles. The zero-order valence-electron chi connectivity index (χ0n) is 17.1. The number of esters is 1. The lowest BCUT2D eigenvalue weighted by Gasteiger charge is -2.16. The topological polar surface area (TPSA) is 35.5 Å². The summed E-state index contributed by atoms with van der Waals surface area (Å²) < 4.78 is 11.0. The fourth-order valence-electron chi connectivity index (χ4n) is 2.69. The van der Waals surface area contributed by atoms with Crippen molar-refractivity contribution in [2.24, 2.45) is 5.41 Å². The van der Waals surface area contributed by atoms with Gasteiger partial charge in [0.05, 0.1) is 18.6 Å². The molecule has 0 fully saturated rings. The second kappa shape index (κ2) is 13.8. The standard InChI is InChI=1S/C23H38O3/c1-23(2,3)22(24)26-19-15-10-8-6-4-5-7-9-14-18-25-20-21-16-12-11-13-17-21/h11-13,16-17H,4-10,14-15,18-20H2,1-3H3. The minimum Gasteiger partial charge on any atom is -0.465 e. The third-order valence-electron chi connectivity index (χ3n) is 4.39. The van der Waals surface area contributed by atoms with Crippen LogP contribution in [0.2, 0.25) is 0 Å². The molecule has 0 heterocycles. The molecule has 148 valence electrons. The molecule has 0 spiro atoms. The number of unbranched alkanes of at least 4 members (excludes halogenated alkanes) is 8. The Labute approximate surface area is 160 Å². The Hall–Kier alpha value is -1.35. The van der Waals surface area contributed by atoms with E-state index < -0.39 is 0 Å². The van der Waals surface area contributed by atoms with E-state index in [1.807, 2.05) is 26.8 Å². The quantitative estimate of drug-likeness (QED) is 0.288. The maximum Gasteiger partial charge on any atom is 0.311 e. The molecular weight excluding hydrogens is 324 g/mol. The molecule has 0 atom stereocenters. The van der Waals surface area contributed by atoms with Gasteiger partial charge in [-0.1, -0.05) is 75.3 Å². The van der Waals surface area contributed by atoms with Crippen LogP contribution in [-0.4, -0.2) is 19.2 Å². The minimum atomic E-state index is -0.382. The molecule has 26 heavy (non-hydrogen) atoms. The Balaban J connectivity index is 1.78. The average Bonchev–Trinajstić information content (AvgIpc) is 2.62. The van der Waals surface area contributed by atoms with Crippen LogP contribution in [-0.2, 0) is 20.9 Å². The van der Waals surface area contributed by atoms with E-state index in [1.54, 1.807) is 0 Å². The molecule has 3 nitrogen and oxygen atoms in total. The van der Waals surface area contributed by atoms with Crippen LogP contribution in [0, 0.1) is 5.41 Å². The zero-order chi connectivity index (χ0) is 19.1. The molecule has 0 aliphatic rings. The van der Waals surface area contributed by atoms with Crippen LogP contribution in [0.1, 0.15) is 84.1 Å². The van der Waals surface area contributed by atoms with Crippen molar-refractivity contribution < 1.29 is 14.3 Å². The molecule has 0 bridgehead atoms. The molecule has 0 N–H and O–H groups in total. The van der Waals surface area contributed by atoms with Gasteiger partial charge in [0, 0.05) is 6.61 Å². The van der Waals surface area contributed by atoms with E-state index in [0.717, 1.165) is 32.5 Å². The van der Waals surface area contributed by atoms with Crippen LogP contribution in [0.25, 0.3) is 0 Å².